The van der Waals surface area contributed by atoms with E-state index < -0.39 is 6.10 Å². The van der Waals surface area contributed by atoms with Crippen molar-refractivity contribution in [3.63, 3.8) is 0 Å². The van der Waals surface area contributed by atoms with Crippen molar-refractivity contribution in [3.8, 4) is 0 Å². The predicted octanol–water partition coefficient (Wildman–Crippen LogP) is 2.41. The maximum absolute atomic E-state index is 12.6. The molecule has 0 saturated carbocycles. The normalized spacial score (nSPS) is 15.3. The first-order chi connectivity index (χ1) is 12.6. The summed E-state index contributed by atoms with van der Waals surface area (Å²) in [7, 11) is 0. The zero-order valence-electron chi connectivity index (χ0n) is 14.5. The van der Waals surface area contributed by atoms with Crippen LogP contribution in [0.25, 0.3) is 16.3 Å². The van der Waals surface area contributed by atoms with Gasteiger partial charge in [-0.2, -0.15) is 0 Å². The number of aromatic nitrogens is 3. The molecular formula is C20H20N4O2. The molecule has 0 radical (unpaired) electrons. The zero-order chi connectivity index (χ0) is 18.1. The van der Waals surface area contributed by atoms with E-state index in [9.17, 15) is 9.90 Å². The molecule has 26 heavy (non-hydrogen) atoms. The van der Waals surface area contributed by atoms with E-state index in [4.69, 9.17) is 0 Å². The molecule has 4 rings (SSSR count). The molecule has 6 nitrogen and oxygen atoms in total. The van der Waals surface area contributed by atoms with Gasteiger partial charge in [0.25, 0.3) is 0 Å². The van der Waals surface area contributed by atoms with E-state index in [1.807, 2.05) is 12.1 Å². The van der Waals surface area contributed by atoms with Crippen LogP contribution in [0.2, 0.25) is 0 Å². The van der Waals surface area contributed by atoms with Gasteiger partial charge in [-0.25, -0.2) is 4.68 Å². The van der Waals surface area contributed by atoms with Crippen LogP contribution in [0, 0.1) is 0 Å². The van der Waals surface area contributed by atoms with Crippen molar-refractivity contribution in [2.24, 2.45) is 0 Å². The largest absolute Gasteiger partial charge is 0.387 e. The highest BCUT2D eigenvalue weighted by atomic mass is 16.3. The Morgan fingerprint density at radius 3 is 2.85 bits per heavy atom. The molecule has 1 atom stereocenters. The molecule has 0 spiro atoms. The second-order valence-corrected chi connectivity index (χ2v) is 6.55. The summed E-state index contributed by atoms with van der Waals surface area (Å²) in [4.78, 5) is 14.4. The average Bonchev–Trinajstić information content (AvgIpc) is 3.31. The summed E-state index contributed by atoms with van der Waals surface area (Å²) in [6.07, 6.45) is 3.03. The van der Waals surface area contributed by atoms with Gasteiger partial charge in [0, 0.05) is 13.1 Å². The molecule has 1 amide bonds. The van der Waals surface area contributed by atoms with Gasteiger partial charge in [0.2, 0.25) is 5.91 Å². The van der Waals surface area contributed by atoms with Crippen LogP contribution in [0.4, 0.5) is 0 Å². The van der Waals surface area contributed by atoms with Crippen molar-refractivity contribution in [2.45, 2.75) is 19.6 Å². The van der Waals surface area contributed by atoms with Gasteiger partial charge in [-0.1, -0.05) is 53.8 Å². The lowest BCUT2D eigenvalue weighted by molar-refractivity contribution is -0.130. The maximum Gasteiger partial charge on any atom is 0.244 e. The summed E-state index contributed by atoms with van der Waals surface area (Å²) in [5, 5.41) is 19.7. The molecule has 2 heterocycles. The highest BCUT2D eigenvalue weighted by molar-refractivity contribution is 5.95. The minimum atomic E-state index is -0.690. The number of carbonyl (C=O) groups is 1. The van der Waals surface area contributed by atoms with Crippen LogP contribution in [0.5, 0.6) is 0 Å². The second-order valence-electron chi connectivity index (χ2n) is 6.55. The molecule has 1 N–H and O–H groups in total. The van der Waals surface area contributed by atoms with Gasteiger partial charge in [0.15, 0.2) is 0 Å². The molecule has 1 unspecified atom stereocenters. The van der Waals surface area contributed by atoms with Crippen molar-refractivity contribution in [1.82, 2.24) is 19.9 Å². The molecule has 1 aliphatic rings. The lowest BCUT2D eigenvalue weighted by Crippen LogP contribution is -2.32. The third-order valence-electron chi connectivity index (χ3n) is 4.69. The monoisotopic (exact) mass is 348 g/mol. The quantitative estimate of drug-likeness (QED) is 0.786. The van der Waals surface area contributed by atoms with E-state index in [-0.39, 0.29) is 12.5 Å². The smallest absolute Gasteiger partial charge is 0.244 e. The van der Waals surface area contributed by atoms with Crippen molar-refractivity contribution in [2.75, 3.05) is 13.1 Å². The molecule has 6 heteroatoms. The number of carbonyl (C=O) groups excluding carboxylic acids is 1. The van der Waals surface area contributed by atoms with Gasteiger partial charge in [-0.05, 0) is 28.8 Å². The van der Waals surface area contributed by atoms with E-state index >= 15 is 0 Å². The van der Waals surface area contributed by atoms with Gasteiger partial charge < -0.3 is 10.0 Å². The van der Waals surface area contributed by atoms with Gasteiger partial charge in [-0.15, -0.1) is 5.10 Å². The fraction of sp³-hybridized carbons (Fsp3) is 0.250. The number of rotatable bonds is 4. The summed E-state index contributed by atoms with van der Waals surface area (Å²) >= 11 is 0. The minimum absolute atomic E-state index is 0.0153. The number of benzene rings is 2. The Morgan fingerprint density at radius 2 is 2.04 bits per heavy atom. The molecule has 132 valence electrons. The predicted molar refractivity (Wildman–Crippen MR) is 99.2 cm³/mol. The molecule has 1 aromatic heterocycles. The van der Waals surface area contributed by atoms with E-state index in [0.717, 1.165) is 0 Å². The SMILES string of the molecule is CC(O)c1cn(CC(=O)N2CC=C(c3cccc4ccccc34)C2)nn1. The Bertz CT molecular complexity index is 985. The van der Waals surface area contributed by atoms with Gasteiger partial charge >= 0.3 is 0 Å². The minimum Gasteiger partial charge on any atom is -0.387 e. The van der Waals surface area contributed by atoms with Crippen molar-refractivity contribution in [3.05, 3.63) is 66.0 Å². The molecule has 0 aliphatic carbocycles. The number of nitrogens with zero attached hydrogens (tertiary/aromatic N) is 4. The van der Waals surface area contributed by atoms with Crippen molar-refractivity contribution in [1.29, 1.82) is 0 Å². The third kappa shape index (κ3) is 3.11. The van der Waals surface area contributed by atoms with Crippen LogP contribution < -0.4 is 0 Å². The average molecular weight is 348 g/mol. The molecule has 1 aliphatic heterocycles. The first-order valence-electron chi connectivity index (χ1n) is 8.65. The lowest BCUT2D eigenvalue weighted by Gasteiger charge is -2.17. The standard InChI is InChI=1S/C20H20N4O2/c1-14(25)19-12-24(22-21-19)13-20(26)23-10-9-16(11-23)18-8-4-6-15-5-2-3-7-17(15)18/h2-9,12,14,25H,10-11,13H2,1H3. The number of aliphatic hydroxyl groups is 1. The molecule has 0 saturated heterocycles. The number of hydrogen-bond acceptors (Lipinski definition) is 4. The first-order valence-corrected chi connectivity index (χ1v) is 8.65. The topological polar surface area (TPSA) is 71.2 Å². The Morgan fingerprint density at radius 1 is 1.23 bits per heavy atom. The Balaban J connectivity index is 1.48. The Kier molecular flexibility index (Phi) is 4.26. The van der Waals surface area contributed by atoms with Crippen LogP contribution in [-0.4, -0.2) is 44.0 Å². The number of amides is 1. The van der Waals surface area contributed by atoms with E-state index in [0.29, 0.717) is 18.8 Å². The van der Waals surface area contributed by atoms with Crippen LogP contribution in [-0.2, 0) is 11.3 Å². The number of fused-ring (bicyclic) bond motifs is 1. The molecule has 0 bridgehead atoms. The molecule has 0 fully saturated rings. The first kappa shape index (κ1) is 16.5. The van der Waals surface area contributed by atoms with E-state index in [1.54, 1.807) is 18.0 Å². The van der Waals surface area contributed by atoms with Crippen LogP contribution in [0.15, 0.2) is 54.7 Å². The van der Waals surface area contributed by atoms with Crippen LogP contribution in [0.3, 0.4) is 0 Å². The van der Waals surface area contributed by atoms with Crippen molar-refractivity contribution < 1.29 is 9.90 Å². The highest BCUT2D eigenvalue weighted by Crippen LogP contribution is 2.28. The Hall–Kier alpha value is -2.99. The lowest BCUT2D eigenvalue weighted by atomic mass is 9.99. The number of hydrogen-bond donors (Lipinski definition) is 1. The maximum atomic E-state index is 12.6. The summed E-state index contributed by atoms with van der Waals surface area (Å²) in [6.45, 7) is 2.92. The van der Waals surface area contributed by atoms with Gasteiger partial charge in [0.05, 0.1) is 12.3 Å². The molecule has 3 aromatic rings. The summed E-state index contributed by atoms with van der Waals surface area (Å²) in [5.74, 6) is -0.0153. The fourth-order valence-electron chi connectivity index (χ4n) is 3.27. The Labute approximate surface area is 151 Å². The summed E-state index contributed by atoms with van der Waals surface area (Å²) < 4.78 is 1.47. The van der Waals surface area contributed by atoms with Gasteiger partial charge in [0.1, 0.15) is 12.2 Å². The highest BCUT2D eigenvalue weighted by Gasteiger charge is 2.22. The second kappa shape index (κ2) is 6.72. The number of aliphatic hydroxyl groups excluding tert-OH is 1. The van der Waals surface area contributed by atoms with Gasteiger partial charge in [-0.3, -0.25) is 4.79 Å². The van der Waals surface area contributed by atoms with Crippen LogP contribution >= 0.6 is 0 Å². The molecule has 2 aromatic carbocycles. The van der Waals surface area contributed by atoms with Crippen molar-refractivity contribution >= 4 is 22.3 Å². The zero-order valence-corrected chi connectivity index (χ0v) is 14.5. The fourth-order valence-corrected chi connectivity index (χ4v) is 3.27. The third-order valence-corrected chi connectivity index (χ3v) is 4.69. The van der Waals surface area contributed by atoms with E-state index in [1.165, 1.54) is 26.6 Å². The van der Waals surface area contributed by atoms with Crippen LogP contribution in [0.1, 0.15) is 24.3 Å². The van der Waals surface area contributed by atoms with E-state index in [2.05, 4.69) is 46.7 Å². The summed E-state index contributed by atoms with van der Waals surface area (Å²) in [5.41, 5.74) is 2.81. The summed E-state index contributed by atoms with van der Waals surface area (Å²) in [6, 6.07) is 14.5. The molecular weight excluding hydrogens is 328 g/mol.